The standard InChI is InChI=1S/C15H17Cl2N3O4S/c1-25(22,23)15-20-19-13(24-15)5-3-2-4-8-18-14(21)11-7-6-10(16)9-12(11)17/h6-7,9H,2-5,8H2,1H3,(H,18,21). The van der Waals surface area contributed by atoms with Crippen LogP contribution in [-0.4, -0.2) is 37.3 Å². The van der Waals surface area contributed by atoms with Gasteiger partial charge in [-0.2, -0.15) is 0 Å². The van der Waals surface area contributed by atoms with E-state index in [2.05, 4.69) is 15.5 Å². The summed E-state index contributed by atoms with van der Waals surface area (Å²) in [5.74, 6) is 0.0359. The molecule has 0 saturated carbocycles. The number of aryl methyl sites for hydroxylation is 1. The topological polar surface area (TPSA) is 102 Å². The highest BCUT2D eigenvalue weighted by Crippen LogP contribution is 2.20. The van der Waals surface area contributed by atoms with Crippen LogP contribution >= 0.6 is 23.2 Å². The van der Waals surface area contributed by atoms with Gasteiger partial charge in [-0.3, -0.25) is 4.79 Å². The number of amides is 1. The van der Waals surface area contributed by atoms with Crippen molar-refractivity contribution in [1.82, 2.24) is 15.5 Å². The first-order valence-corrected chi connectivity index (χ1v) is 10.2. The van der Waals surface area contributed by atoms with Gasteiger partial charge in [0.05, 0.1) is 10.6 Å². The Bertz CT molecular complexity index is 852. The number of unbranched alkanes of at least 4 members (excludes halogenated alkanes) is 2. The highest BCUT2D eigenvalue weighted by Gasteiger charge is 2.16. The Labute approximate surface area is 155 Å². The molecule has 1 aromatic heterocycles. The van der Waals surface area contributed by atoms with E-state index in [9.17, 15) is 13.2 Å². The van der Waals surface area contributed by atoms with Gasteiger partial charge in [0.15, 0.2) is 0 Å². The zero-order valence-corrected chi connectivity index (χ0v) is 15.8. The zero-order valence-electron chi connectivity index (χ0n) is 13.5. The average Bonchev–Trinajstić information content (AvgIpc) is 2.99. The van der Waals surface area contributed by atoms with Crippen molar-refractivity contribution in [3.05, 3.63) is 39.7 Å². The minimum Gasteiger partial charge on any atom is -0.413 e. The summed E-state index contributed by atoms with van der Waals surface area (Å²) in [5, 5.41) is 10.4. The fraction of sp³-hybridized carbons (Fsp3) is 0.400. The second-order valence-electron chi connectivity index (χ2n) is 5.42. The summed E-state index contributed by atoms with van der Waals surface area (Å²) in [7, 11) is -3.47. The van der Waals surface area contributed by atoms with E-state index in [0.717, 1.165) is 25.5 Å². The number of sulfone groups is 1. The van der Waals surface area contributed by atoms with Crippen LogP contribution in [0.5, 0.6) is 0 Å². The average molecular weight is 406 g/mol. The first kappa shape index (κ1) is 19.7. The lowest BCUT2D eigenvalue weighted by Crippen LogP contribution is -2.24. The van der Waals surface area contributed by atoms with Crippen molar-refractivity contribution in [3.63, 3.8) is 0 Å². The minimum atomic E-state index is -3.47. The first-order chi connectivity index (χ1) is 11.8. The van der Waals surface area contributed by atoms with E-state index < -0.39 is 9.84 Å². The molecule has 0 aliphatic rings. The fourth-order valence-electron chi connectivity index (χ4n) is 2.04. The highest BCUT2D eigenvalue weighted by atomic mass is 35.5. The monoisotopic (exact) mass is 405 g/mol. The first-order valence-electron chi connectivity index (χ1n) is 7.53. The van der Waals surface area contributed by atoms with Crippen LogP contribution in [0.1, 0.15) is 35.5 Å². The van der Waals surface area contributed by atoms with E-state index >= 15 is 0 Å². The number of benzene rings is 1. The molecule has 0 bridgehead atoms. The normalized spacial score (nSPS) is 11.5. The summed E-state index contributed by atoms with van der Waals surface area (Å²) < 4.78 is 27.5. The quantitative estimate of drug-likeness (QED) is 0.677. The van der Waals surface area contributed by atoms with Gasteiger partial charge < -0.3 is 9.73 Å². The number of carbonyl (C=O) groups excluding carboxylic acids is 1. The molecule has 1 heterocycles. The van der Waals surface area contributed by atoms with Crippen LogP contribution in [0.3, 0.4) is 0 Å². The second kappa shape index (κ2) is 8.64. The minimum absolute atomic E-state index is 0.253. The van der Waals surface area contributed by atoms with Crippen LogP contribution in [0.2, 0.25) is 10.0 Å². The van der Waals surface area contributed by atoms with Crippen molar-refractivity contribution in [2.45, 2.75) is 30.9 Å². The number of aromatic nitrogens is 2. The molecule has 0 fully saturated rings. The molecule has 1 amide bonds. The lowest BCUT2D eigenvalue weighted by molar-refractivity contribution is 0.0953. The van der Waals surface area contributed by atoms with E-state index in [1.807, 2.05) is 0 Å². The molecule has 0 aliphatic heterocycles. The molecule has 136 valence electrons. The molecule has 1 aromatic carbocycles. The summed E-state index contributed by atoms with van der Waals surface area (Å²) >= 11 is 11.8. The molecule has 0 saturated heterocycles. The molecule has 0 atom stereocenters. The molecule has 1 N–H and O–H groups in total. The molecule has 2 aromatic rings. The number of hydrogen-bond donors (Lipinski definition) is 1. The van der Waals surface area contributed by atoms with Crippen LogP contribution in [-0.2, 0) is 16.3 Å². The predicted molar refractivity (Wildman–Crippen MR) is 93.8 cm³/mol. The molecule has 0 aliphatic carbocycles. The maximum atomic E-state index is 12.0. The van der Waals surface area contributed by atoms with Gasteiger partial charge >= 0.3 is 5.22 Å². The SMILES string of the molecule is CS(=O)(=O)c1nnc(CCCCCNC(=O)c2ccc(Cl)cc2Cl)o1. The maximum absolute atomic E-state index is 12.0. The molecular formula is C15H17Cl2N3O4S. The van der Waals surface area contributed by atoms with E-state index in [0.29, 0.717) is 28.6 Å². The van der Waals surface area contributed by atoms with Crippen molar-refractivity contribution in [3.8, 4) is 0 Å². The van der Waals surface area contributed by atoms with E-state index in [1.165, 1.54) is 6.07 Å². The van der Waals surface area contributed by atoms with E-state index in [-0.39, 0.29) is 17.0 Å². The summed E-state index contributed by atoms with van der Waals surface area (Å²) in [6, 6.07) is 4.71. The van der Waals surface area contributed by atoms with Gasteiger partial charge in [-0.25, -0.2) is 8.42 Å². The zero-order chi connectivity index (χ0) is 18.4. The smallest absolute Gasteiger partial charge is 0.335 e. The van der Waals surface area contributed by atoms with Crippen LogP contribution in [0.15, 0.2) is 27.8 Å². The number of nitrogens with one attached hydrogen (secondary N) is 1. The van der Waals surface area contributed by atoms with Crippen molar-refractivity contribution in [2.75, 3.05) is 12.8 Å². The third-order valence-electron chi connectivity index (χ3n) is 3.29. The van der Waals surface area contributed by atoms with Gasteiger partial charge in [-0.1, -0.05) is 34.7 Å². The molecule has 2 rings (SSSR count). The van der Waals surface area contributed by atoms with E-state index in [4.69, 9.17) is 27.6 Å². The number of halogens is 2. The summed E-state index contributed by atoms with van der Waals surface area (Å²) in [6.07, 6.45) is 3.80. The Kier molecular flexibility index (Phi) is 6.80. The molecule has 10 heteroatoms. The van der Waals surface area contributed by atoms with E-state index in [1.54, 1.807) is 12.1 Å². The van der Waals surface area contributed by atoms with Gasteiger partial charge in [-0.15, -0.1) is 5.10 Å². The van der Waals surface area contributed by atoms with Gasteiger partial charge in [0.2, 0.25) is 15.7 Å². The molecule has 0 radical (unpaired) electrons. The van der Waals surface area contributed by atoms with Crippen molar-refractivity contribution in [1.29, 1.82) is 0 Å². The Morgan fingerprint density at radius 2 is 1.96 bits per heavy atom. The maximum Gasteiger partial charge on any atom is 0.335 e. The van der Waals surface area contributed by atoms with Crippen molar-refractivity contribution in [2.24, 2.45) is 0 Å². The number of rotatable bonds is 8. The summed E-state index contributed by atoms with van der Waals surface area (Å²) in [4.78, 5) is 12.0. The van der Waals surface area contributed by atoms with Crippen molar-refractivity contribution < 1.29 is 17.6 Å². The largest absolute Gasteiger partial charge is 0.413 e. The molecular weight excluding hydrogens is 389 g/mol. The van der Waals surface area contributed by atoms with Crippen LogP contribution in [0.4, 0.5) is 0 Å². The molecule has 25 heavy (non-hydrogen) atoms. The van der Waals surface area contributed by atoms with Gasteiger partial charge in [0.25, 0.3) is 5.91 Å². The molecule has 7 nitrogen and oxygen atoms in total. The number of carbonyl (C=O) groups is 1. The Morgan fingerprint density at radius 3 is 2.60 bits per heavy atom. The third-order valence-corrected chi connectivity index (χ3v) is 4.64. The van der Waals surface area contributed by atoms with Gasteiger partial charge in [0.1, 0.15) is 0 Å². The Hall–Kier alpha value is -1.64. The fourth-order valence-corrected chi connectivity index (χ4v) is 2.97. The van der Waals surface area contributed by atoms with Crippen LogP contribution in [0, 0.1) is 0 Å². The Balaban J connectivity index is 1.68. The summed E-state index contributed by atoms with van der Waals surface area (Å²) in [5.41, 5.74) is 0.380. The number of hydrogen-bond acceptors (Lipinski definition) is 6. The molecule has 0 spiro atoms. The molecule has 0 unspecified atom stereocenters. The number of nitrogens with zero attached hydrogens (tertiary/aromatic N) is 2. The van der Waals surface area contributed by atoms with Crippen LogP contribution < -0.4 is 5.32 Å². The van der Waals surface area contributed by atoms with Crippen LogP contribution in [0.25, 0.3) is 0 Å². The summed E-state index contributed by atoms with van der Waals surface area (Å²) in [6.45, 7) is 0.496. The Morgan fingerprint density at radius 1 is 1.20 bits per heavy atom. The second-order valence-corrected chi connectivity index (χ2v) is 8.16. The van der Waals surface area contributed by atoms with Crippen molar-refractivity contribution >= 4 is 38.9 Å². The van der Waals surface area contributed by atoms with Gasteiger partial charge in [0, 0.05) is 24.2 Å². The van der Waals surface area contributed by atoms with Gasteiger partial charge in [-0.05, 0) is 31.0 Å². The lowest BCUT2D eigenvalue weighted by atomic mass is 10.2. The predicted octanol–water partition coefficient (Wildman–Crippen LogP) is 2.92. The lowest BCUT2D eigenvalue weighted by Gasteiger charge is -2.06. The highest BCUT2D eigenvalue weighted by molar-refractivity contribution is 7.90. The third kappa shape index (κ3) is 5.98.